The first-order valence-corrected chi connectivity index (χ1v) is 8.19. The Labute approximate surface area is 119 Å². The van der Waals surface area contributed by atoms with Crippen LogP contribution in [0, 0.1) is 11.3 Å². The van der Waals surface area contributed by atoms with Gasteiger partial charge in [0.2, 0.25) is 0 Å². The third kappa shape index (κ3) is 3.83. The fourth-order valence-electron chi connectivity index (χ4n) is 1.61. The molecule has 0 bridgehead atoms. The SMILES string of the molecule is CC.CC/C(C#N)=C1\SCC(c2ccccc2)S1. The van der Waals surface area contributed by atoms with E-state index in [2.05, 4.69) is 30.3 Å². The number of thioether (sulfide) groups is 2. The molecule has 1 aliphatic rings. The lowest BCUT2D eigenvalue weighted by atomic mass is 10.2. The third-order valence-corrected chi connectivity index (χ3v) is 5.57. The Morgan fingerprint density at radius 3 is 2.56 bits per heavy atom. The van der Waals surface area contributed by atoms with Crippen LogP contribution in [0.1, 0.15) is 38.0 Å². The normalized spacial score (nSPS) is 20.7. The van der Waals surface area contributed by atoms with Crippen molar-refractivity contribution in [3.05, 3.63) is 45.7 Å². The van der Waals surface area contributed by atoms with E-state index in [0.717, 1.165) is 17.7 Å². The van der Waals surface area contributed by atoms with Crippen molar-refractivity contribution < 1.29 is 0 Å². The molecule has 1 aliphatic heterocycles. The number of hydrogen-bond donors (Lipinski definition) is 0. The van der Waals surface area contributed by atoms with Crippen LogP contribution in [0.3, 0.4) is 0 Å². The van der Waals surface area contributed by atoms with E-state index in [1.165, 1.54) is 9.80 Å². The molecule has 1 nitrogen and oxygen atoms in total. The fraction of sp³-hybridized carbons (Fsp3) is 0.400. The second-order valence-corrected chi connectivity index (χ2v) is 6.06. The molecule has 1 aromatic rings. The largest absolute Gasteiger partial charge is 0.193 e. The molecule has 1 saturated heterocycles. The van der Waals surface area contributed by atoms with E-state index in [0.29, 0.717) is 5.25 Å². The summed E-state index contributed by atoms with van der Waals surface area (Å²) in [6, 6.07) is 12.8. The zero-order chi connectivity index (χ0) is 13.4. The van der Waals surface area contributed by atoms with E-state index < -0.39 is 0 Å². The van der Waals surface area contributed by atoms with Crippen molar-refractivity contribution in [1.29, 1.82) is 5.26 Å². The number of nitriles is 1. The van der Waals surface area contributed by atoms with Gasteiger partial charge >= 0.3 is 0 Å². The highest BCUT2D eigenvalue weighted by molar-refractivity contribution is 8.25. The van der Waals surface area contributed by atoms with Gasteiger partial charge in [-0.3, -0.25) is 0 Å². The summed E-state index contributed by atoms with van der Waals surface area (Å²) in [6.07, 6.45) is 0.841. The lowest BCUT2D eigenvalue weighted by Crippen LogP contribution is -1.90. The van der Waals surface area contributed by atoms with Gasteiger partial charge < -0.3 is 0 Å². The second kappa shape index (κ2) is 8.29. The lowest BCUT2D eigenvalue weighted by Gasteiger charge is -2.06. The predicted octanol–water partition coefficient (Wildman–Crippen LogP) is 5.38. The summed E-state index contributed by atoms with van der Waals surface area (Å²) >= 11 is 3.66. The van der Waals surface area contributed by atoms with Gasteiger partial charge in [-0.05, 0) is 12.0 Å². The average molecular weight is 277 g/mol. The van der Waals surface area contributed by atoms with Crippen molar-refractivity contribution in [2.45, 2.75) is 32.4 Å². The zero-order valence-electron chi connectivity index (χ0n) is 11.1. The molecule has 0 aromatic heterocycles. The minimum absolute atomic E-state index is 0.510. The van der Waals surface area contributed by atoms with E-state index in [4.69, 9.17) is 5.26 Å². The molecule has 18 heavy (non-hydrogen) atoms. The average Bonchev–Trinajstić information content (AvgIpc) is 2.93. The Hall–Kier alpha value is -0.850. The van der Waals surface area contributed by atoms with Gasteiger partial charge in [-0.15, -0.1) is 23.5 Å². The first-order valence-electron chi connectivity index (χ1n) is 6.32. The molecule has 2 rings (SSSR count). The molecular formula is C15H19NS2. The van der Waals surface area contributed by atoms with Crippen LogP contribution in [-0.4, -0.2) is 5.75 Å². The molecule has 0 spiro atoms. The molecule has 1 atom stereocenters. The van der Waals surface area contributed by atoms with Crippen LogP contribution in [0.15, 0.2) is 40.1 Å². The Bertz CT molecular complexity index is 432. The number of nitrogens with zero attached hydrogens (tertiary/aromatic N) is 1. The van der Waals surface area contributed by atoms with E-state index >= 15 is 0 Å². The predicted molar refractivity (Wildman–Crippen MR) is 83.5 cm³/mol. The van der Waals surface area contributed by atoms with Crippen LogP contribution in [0.25, 0.3) is 0 Å². The van der Waals surface area contributed by atoms with Crippen LogP contribution < -0.4 is 0 Å². The summed E-state index contributed by atoms with van der Waals surface area (Å²) in [6.45, 7) is 6.04. The van der Waals surface area contributed by atoms with Crippen molar-refractivity contribution in [3.8, 4) is 6.07 Å². The van der Waals surface area contributed by atoms with Gasteiger partial charge in [0, 0.05) is 16.6 Å². The Morgan fingerprint density at radius 1 is 1.33 bits per heavy atom. The Kier molecular flexibility index (Phi) is 7.00. The molecule has 0 N–H and O–H groups in total. The van der Waals surface area contributed by atoms with Crippen molar-refractivity contribution in [3.63, 3.8) is 0 Å². The highest BCUT2D eigenvalue weighted by Gasteiger charge is 2.24. The first-order chi connectivity index (χ1) is 8.85. The molecular weight excluding hydrogens is 258 g/mol. The smallest absolute Gasteiger partial charge is 0.0964 e. The van der Waals surface area contributed by atoms with Crippen LogP contribution in [0.2, 0.25) is 0 Å². The summed E-state index contributed by atoms with van der Waals surface area (Å²) in [5.74, 6) is 1.08. The molecule has 0 radical (unpaired) electrons. The zero-order valence-corrected chi connectivity index (χ0v) is 12.8. The van der Waals surface area contributed by atoms with Gasteiger partial charge in [0.25, 0.3) is 0 Å². The fourth-order valence-corrected chi connectivity index (χ4v) is 4.65. The van der Waals surface area contributed by atoms with Crippen molar-refractivity contribution in [1.82, 2.24) is 0 Å². The number of allylic oxidation sites excluding steroid dienone is 1. The maximum Gasteiger partial charge on any atom is 0.0964 e. The van der Waals surface area contributed by atoms with Crippen LogP contribution in [0.5, 0.6) is 0 Å². The highest BCUT2D eigenvalue weighted by atomic mass is 32.2. The van der Waals surface area contributed by atoms with E-state index in [-0.39, 0.29) is 0 Å². The maximum absolute atomic E-state index is 9.01. The molecule has 1 aromatic carbocycles. The van der Waals surface area contributed by atoms with Gasteiger partial charge in [-0.1, -0.05) is 51.1 Å². The second-order valence-electron chi connectivity index (χ2n) is 3.56. The highest BCUT2D eigenvalue weighted by Crippen LogP contribution is 2.51. The van der Waals surface area contributed by atoms with E-state index in [1.807, 2.05) is 50.4 Å². The third-order valence-electron chi connectivity index (χ3n) is 2.52. The molecule has 96 valence electrons. The molecule has 0 saturated carbocycles. The Morgan fingerprint density at radius 2 is 2.00 bits per heavy atom. The van der Waals surface area contributed by atoms with E-state index in [1.54, 1.807) is 0 Å². The summed E-state index contributed by atoms with van der Waals surface area (Å²) in [5, 5.41) is 9.52. The van der Waals surface area contributed by atoms with Gasteiger partial charge in [-0.25, -0.2) is 0 Å². The van der Waals surface area contributed by atoms with Crippen LogP contribution in [0.4, 0.5) is 0 Å². The minimum Gasteiger partial charge on any atom is -0.193 e. The summed E-state index contributed by atoms with van der Waals surface area (Å²) in [7, 11) is 0. The van der Waals surface area contributed by atoms with Gasteiger partial charge in [0.1, 0.15) is 0 Å². The number of benzene rings is 1. The first kappa shape index (κ1) is 15.2. The topological polar surface area (TPSA) is 23.8 Å². The standard InChI is InChI=1S/C13H13NS2.C2H6/c1-2-10(8-14)13-15-9-12(16-13)11-6-4-3-5-7-11;1-2/h3-7,12H,2,9H2,1H3;1-2H3/b13-10-;. The van der Waals surface area contributed by atoms with Gasteiger partial charge in [0.15, 0.2) is 0 Å². The molecule has 0 amide bonds. The molecule has 3 heteroatoms. The Balaban J connectivity index is 0.000000771. The quantitative estimate of drug-likeness (QED) is 0.678. The summed E-state index contributed by atoms with van der Waals surface area (Å²) in [4.78, 5) is 0. The van der Waals surface area contributed by atoms with Crippen molar-refractivity contribution >= 4 is 23.5 Å². The lowest BCUT2D eigenvalue weighted by molar-refractivity contribution is 1.13. The molecule has 1 fully saturated rings. The van der Waals surface area contributed by atoms with Crippen molar-refractivity contribution in [2.24, 2.45) is 0 Å². The number of hydrogen-bond acceptors (Lipinski definition) is 3. The molecule has 0 aliphatic carbocycles. The van der Waals surface area contributed by atoms with Crippen LogP contribution in [-0.2, 0) is 0 Å². The van der Waals surface area contributed by atoms with Gasteiger partial charge in [-0.2, -0.15) is 5.26 Å². The summed E-state index contributed by atoms with van der Waals surface area (Å²) < 4.78 is 1.22. The monoisotopic (exact) mass is 277 g/mol. The molecule has 1 heterocycles. The molecule has 1 unspecified atom stereocenters. The van der Waals surface area contributed by atoms with Crippen molar-refractivity contribution in [2.75, 3.05) is 5.75 Å². The summed E-state index contributed by atoms with van der Waals surface area (Å²) in [5.41, 5.74) is 2.30. The minimum atomic E-state index is 0.510. The van der Waals surface area contributed by atoms with Gasteiger partial charge in [0.05, 0.1) is 10.3 Å². The van der Waals surface area contributed by atoms with Crippen LogP contribution >= 0.6 is 23.5 Å². The van der Waals surface area contributed by atoms with E-state index in [9.17, 15) is 0 Å². The maximum atomic E-state index is 9.01. The number of rotatable bonds is 2.